The summed E-state index contributed by atoms with van der Waals surface area (Å²) < 4.78 is 12.0. The number of pyridine rings is 1. The molecular formula is C34H43Cl2N3O5. The van der Waals surface area contributed by atoms with E-state index < -0.39 is 17.4 Å². The van der Waals surface area contributed by atoms with E-state index in [2.05, 4.69) is 10.2 Å². The second kappa shape index (κ2) is 15.6. The van der Waals surface area contributed by atoms with E-state index in [1.165, 1.54) is 0 Å². The van der Waals surface area contributed by atoms with Crippen LogP contribution < -0.4 is 14.8 Å². The molecular weight excluding hydrogens is 601 g/mol. The number of carbonyl (C=O) groups excluding carboxylic acids is 1. The van der Waals surface area contributed by atoms with Gasteiger partial charge >= 0.3 is 5.97 Å². The van der Waals surface area contributed by atoms with Gasteiger partial charge in [0, 0.05) is 17.7 Å². The number of nitrogens with one attached hydrogen (secondary N) is 1. The first-order valence-corrected chi connectivity index (χ1v) is 15.3. The van der Waals surface area contributed by atoms with Crippen LogP contribution in [0.3, 0.4) is 0 Å². The van der Waals surface area contributed by atoms with Crippen molar-refractivity contribution in [1.29, 1.82) is 0 Å². The van der Waals surface area contributed by atoms with Crippen molar-refractivity contribution < 1.29 is 24.2 Å². The minimum absolute atomic E-state index is 0. The molecule has 1 saturated carbocycles. The zero-order chi connectivity index (χ0) is 31.1. The van der Waals surface area contributed by atoms with Crippen molar-refractivity contribution >= 4 is 35.9 Å². The number of benzene rings is 2. The van der Waals surface area contributed by atoms with Gasteiger partial charge in [0.25, 0.3) is 5.91 Å². The average Bonchev–Trinajstić information content (AvgIpc) is 2.97. The summed E-state index contributed by atoms with van der Waals surface area (Å²) in [6.45, 7) is 7.34. The highest BCUT2D eigenvalue weighted by atomic mass is 35.5. The molecule has 4 rings (SSSR count). The molecule has 0 spiro atoms. The number of halogens is 2. The predicted molar refractivity (Wildman–Crippen MR) is 177 cm³/mol. The molecule has 1 aliphatic rings. The minimum atomic E-state index is -1.29. The Morgan fingerprint density at radius 1 is 1.05 bits per heavy atom. The van der Waals surface area contributed by atoms with Crippen molar-refractivity contribution in [3.05, 3.63) is 64.8 Å². The molecule has 1 aromatic heterocycles. The third kappa shape index (κ3) is 8.65. The number of aromatic nitrogens is 1. The number of carbonyl (C=O) groups is 2. The summed E-state index contributed by atoms with van der Waals surface area (Å²) in [6, 6.07) is 14.9. The van der Waals surface area contributed by atoms with Gasteiger partial charge in [0.1, 0.15) is 22.7 Å². The molecule has 10 heteroatoms. The Morgan fingerprint density at radius 2 is 1.77 bits per heavy atom. The van der Waals surface area contributed by atoms with E-state index in [0.717, 1.165) is 60.2 Å². The quantitative estimate of drug-likeness (QED) is 0.198. The lowest BCUT2D eigenvalue weighted by atomic mass is 9.81. The molecule has 1 aliphatic carbocycles. The van der Waals surface area contributed by atoms with Gasteiger partial charge in [0.05, 0.1) is 23.4 Å². The van der Waals surface area contributed by atoms with Crippen LogP contribution in [0.1, 0.15) is 68.4 Å². The topological polar surface area (TPSA) is 101 Å². The SMILES string of the molecule is Cc1ccc(OC(C)C)cc1-c1ccc(C(=O)NC2(C(=O)O)CCCCC2)nc1-c1ccc(Cl)c(OCCCN(C)C)c1.Cl. The van der Waals surface area contributed by atoms with Crippen molar-refractivity contribution in [2.45, 2.75) is 70.9 Å². The van der Waals surface area contributed by atoms with Crippen molar-refractivity contribution in [2.24, 2.45) is 0 Å². The molecule has 0 aliphatic heterocycles. The van der Waals surface area contributed by atoms with Crippen molar-refractivity contribution in [2.75, 3.05) is 27.2 Å². The Kier molecular flexibility index (Phi) is 12.5. The smallest absolute Gasteiger partial charge is 0.329 e. The van der Waals surface area contributed by atoms with Gasteiger partial charge in [0.15, 0.2) is 0 Å². The van der Waals surface area contributed by atoms with Crippen LogP contribution in [0.4, 0.5) is 0 Å². The lowest BCUT2D eigenvalue weighted by Crippen LogP contribution is -2.55. The lowest BCUT2D eigenvalue weighted by molar-refractivity contribution is -0.145. The maximum atomic E-state index is 13.5. The normalized spacial score (nSPS) is 14.2. The largest absolute Gasteiger partial charge is 0.492 e. The number of ether oxygens (including phenoxy) is 2. The molecule has 1 fully saturated rings. The van der Waals surface area contributed by atoms with E-state index in [0.29, 0.717) is 35.9 Å². The van der Waals surface area contributed by atoms with Crippen LogP contribution in [0.15, 0.2) is 48.5 Å². The molecule has 8 nitrogen and oxygen atoms in total. The van der Waals surface area contributed by atoms with E-state index in [1.807, 2.05) is 71.3 Å². The number of hydrogen-bond acceptors (Lipinski definition) is 6. The van der Waals surface area contributed by atoms with Gasteiger partial charge in [-0.3, -0.25) is 4.79 Å². The highest BCUT2D eigenvalue weighted by Gasteiger charge is 2.41. The van der Waals surface area contributed by atoms with Crippen LogP contribution in [0, 0.1) is 6.92 Å². The Labute approximate surface area is 271 Å². The summed E-state index contributed by atoms with van der Waals surface area (Å²) in [5.74, 6) is -0.269. The Hall–Kier alpha value is -3.33. The first-order valence-electron chi connectivity index (χ1n) is 14.9. The number of carboxylic acid groups (broad SMARTS) is 1. The molecule has 1 amide bonds. The number of aliphatic carboxylic acids is 1. The summed E-state index contributed by atoms with van der Waals surface area (Å²) in [5, 5.41) is 13.3. The summed E-state index contributed by atoms with van der Waals surface area (Å²) >= 11 is 6.52. The first-order chi connectivity index (χ1) is 20.5. The van der Waals surface area contributed by atoms with E-state index in [4.69, 9.17) is 26.1 Å². The number of aryl methyl sites for hydroxylation is 1. The number of rotatable bonds is 12. The van der Waals surface area contributed by atoms with E-state index in [1.54, 1.807) is 12.1 Å². The summed E-state index contributed by atoms with van der Waals surface area (Å²) in [6.07, 6.45) is 4.08. The van der Waals surface area contributed by atoms with E-state index >= 15 is 0 Å². The van der Waals surface area contributed by atoms with Gasteiger partial charge in [-0.15, -0.1) is 12.4 Å². The Morgan fingerprint density at radius 3 is 2.43 bits per heavy atom. The standard InChI is InChI=1S/C34H42ClN3O5.ClH/c1-22(2)43-25-12-10-23(3)27(21-25)26-13-15-29(32(39)37-34(33(40)41)16-7-6-8-17-34)36-31(26)24-11-14-28(35)30(20-24)42-19-9-18-38(4)5;/h10-15,20-22H,6-9,16-19H2,1-5H3,(H,37,39)(H,40,41);1H. The van der Waals surface area contributed by atoms with Crippen molar-refractivity contribution in [1.82, 2.24) is 15.2 Å². The van der Waals surface area contributed by atoms with Gasteiger partial charge in [-0.2, -0.15) is 0 Å². The van der Waals surface area contributed by atoms with Gasteiger partial charge in [-0.05, 0) is 102 Å². The molecule has 1 heterocycles. The first kappa shape index (κ1) is 35.2. The fourth-order valence-electron chi connectivity index (χ4n) is 5.41. The van der Waals surface area contributed by atoms with Crippen LogP contribution in [0.2, 0.25) is 5.02 Å². The van der Waals surface area contributed by atoms with Gasteiger partial charge < -0.3 is 24.8 Å². The van der Waals surface area contributed by atoms with E-state index in [-0.39, 0.29) is 24.2 Å². The summed E-state index contributed by atoms with van der Waals surface area (Å²) in [5.41, 5.74) is 2.85. The molecule has 238 valence electrons. The van der Waals surface area contributed by atoms with Crippen molar-refractivity contribution in [3.63, 3.8) is 0 Å². The molecule has 0 radical (unpaired) electrons. The second-order valence-electron chi connectivity index (χ2n) is 11.8. The lowest BCUT2D eigenvalue weighted by Gasteiger charge is -2.33. The van der Waals surface area contributed by atoms with Crippen molar-refractivity contribution in [3.8, 4) is 33.9 Å². The average molecular weight is 645 g/mol. The molecule has 0 unspecified atom stereocenters. The monoisotopic (exact) mass is 643 g/mol. The molecule has 0 atom stereocenters. The fourth-order valence-corrected chi connectivity index (χ4v) is 5.59. The van der Waals surface area contributed by atoms with Crippen LogP contribution in [-0.4, -0.2) is 65.8 Å². The molecule has 3 aromatic rings. The molecule has 0 saturated heterocycles. The number of carboxylic acids is 1. The number of amides is 1. The molecule has 44 heavy (non-hydrogen) atoms. The molecule has 0 bridgehead atoms. The molecule has 2 N–H and O–H groups in total. The summed E-state index contributed by atoms with van der Waals surface area (Å²) in [7, 11) is 4.03. The van der Waals surface area contributed by atoms with Crippen LogP contribution in [0.5, 0.6) is 11.5 Å². The van der Waals surface area contributed by atoms with E-state index in [9.17, 15) is 14.7 Å². The Bertz CT molecular complexity index is 1450. The highest BCUT2D eigenvalue weighted by molar-refractivity contribution is 6.32. The minimum Gasteiger partial charge on any atom is -0.492 e. The maximum Gasteiger partial charge on any atom is 0.329 e. The molecule has 2 aromatic carbocycles. The van der Waals surface area contributed by atoms with Gasteiger partial charge in [-0.1, -0.05) is 43.0 Å². The second-order valence-corrected chi connectivity index (χ2v) is 12.2. The highest BCUT2D eigenvalue weighted by Crippen LogP contribution is 2.38. The van der Waals surface area contributed by atoms with Crippen LogP contribution in [0.25, 0.3) is 22.4 Å². The zero-order valence-corrected chi connectivity index (χ0v) is 27.7. The third-order valence-electron chi connectivity index (χ3n) is 7.68. The summed E-state index contributed by atoms with van der Waals surface area (Å²) in [4.78, 5) is 32.7. The predicted octanol–water partition coefficient (Wildman–Crippen LogP) is 7.43. The number of nitrogens with zero attached hydrogens (tertiary/aromatic N) is 2. The van der Waals surface area contributed by atoms with Crippen LogP contribution >= 0.6 is 24.0 Å². The zero-order valence-electron chi connectivity index (χ0n) is 26.1. The third-order valence-corrected chi connectivity index (χ3v) is 7.99. The van der Waals surface area contributed by atoms with Gasteiger partial charge in [0.2, 0.25) is 0 Å². The maximum absolute atomic E-state index is 13.5. The number of hydrogen-bond donors (Lipinski definition) is 2. The fraction of sp³-hybridized carbons (Fsp3) is 0.441. The van der Waals surface area contributed by atoms with Crippen LogP contribution in [-0.2, 0) is 4.79 Å². The van der Waals surface area contributed by atoms with Gasteiger partial charge in [-0.25, -0.2) is 9.78 Å². The Balaban J connectivity index is 0.00000529.